The van der Waals surface area contributed by atoms with Gasteiger partial charge in [-0.1, -0.05) is 20.8 Å². The van der Waals surface area contributed by atoms with E-state index in [1.165, 1.54) is 0 Å². The number of aromatic nitrogens is 3. The maximum absolute atomic E-state index is 5.37. The van der Waals surface area contributed by atoms with Crippen LogP contribution in [-0.2, 0) is 11.2 Å². The zero-order valence-corrected chi connectivity index (χ0v) is 9.21. The van der Waals surface area contributed by atoms with Crippen molar-refractivity contribution in [2.45, 2.75) is 39.5 Å². The molecule has 1 N–H and O–H groups in total. The van der Waals surface area contributed by atoms with E-state index in [0.29, 0.717) is 5.92 Å². The van der Waals surface area contributed by atoms with Gasteiger partial charge in [-0.2, -0.15) is 5.10 Å². The van der Waals surface area contributed by atoms with Crippen molar-refractivity contribution in [3.63, 3.8) is 0 Å². The van der Waals surface area contributed by atoms with E-state index < -0.39 is 0 Å². The van der Waals surface area contributed by atoms with E-state index >= 15 is 0 Å². The lowest BCUT2D eigenvalue weighted by molar-refractivity contribution is 0.136. The molecule has 1 aromatic heterocycles. The van der Waals surface area contributed by atoms with E-state index in [2.05, 4.69) is 36.0 Å². The molecule has 0 aliphatic rings. The Labute approximate surface area is 85.1 Å². The molecule has 14 heavy (non-hydrogen) atoms. The first-order valence-electron chi connectivity index (χ1n) is 5.23. The van der Waals surface area contributed by atoms with Crippen molar-refractivity contribution in [3.8, 4) is 0 Å². The smallest absolute Gasteiger partial charge is 0.153 e. The number of rotatable bonds is 6. The third-order valence-electron chi connectivity index (χ3n) is 1.90. The van der Waals surface area contributed by atoms with Gasteiger partial charge in [0.1, 0.15) is 5.82 Å². The first-order chi connectivity index (χ1) is 6.74. The zero-order chi connectivity index (χ0) is 10.4. The number of ether oxygens (including phenoxy) is 1. The third kappa shape index (κ3) is 3.46. The predicted molar refractivity (Wildman–Crippen MR) is 55.3 cm³/mol. The largest absolute Gasteiger partial charge is 0.381 e. The second kappa shape index (κ2) is 5.75. The highest BCUT2D eigenvalue weighted by Crippen LogP contribution is 2.07. The van der Waals surface area contributed by atoms with Gasteiger partial charge in [-0.3, -0.25) is 5.10 Å². The summed E-state index contributed by atoms with van der Waals surface area (Å²) in [6, 6.07) is 0. The van der Waals surface area contributed by atoms with E-state index in [-0.39, 0.29) is 0 Å². The molecule has 0 bridgehead atoms. The van der Waals surface area contributed by atoms with Crippen LogP contribution in [0.5, 0.6) is 0 Å². The first-order valence-corrected chi connectivity index (χ1v) is 5.23. The SMILES string of the molecule is CCCOCCc1nc(C(C)C)n[nH]1. The summed E-state index contributed by atoms with van der Waals surface area (Å²) >= 11 is 0. The summed E-state index contributed by atoms with van der Waals surface area (Å²) in [5, 5.41) is 7.05. The summed E-state index contributed by atoms with van der Waals surface area (Å²) < 4.78 is 5.37. The number of H-pyrrole nitrogens is 1. The van der Waals surface area contributed by atoms with Crippen molar-refractivity contribution in [2.24, 2.45) is 0 Å². The van der Waals surface area contributed by atoms with Gasteiger partial charge in [0, 0.05) is 18.9 Å². The molecule has 0 aliphatic heterocycles. The molecule has 0 saturated carbocycles. The Balaban J connectivity index is 2.29. The molecule has 0 spiro atoms. The minimum atomic E-state index is 0.386. The predicted octanol–water partition coefficient (Wildman–Crippen LogP) is 1.90. The van der Waals surface area contributed by atoms with Crippen molar-refractivity contribution < 1.29 is 4.74 Å². The molecule has 1 rings (SSSR count). The van der Waals surface area contributed by atoms with Gasteiger partial charge < -0.3 is 4.74 Å². The van der Waals surface area contributed by atoms with Gasteiger partial charge in [-0.15, -0.1) is 0 Å². The van der Waals surface area contributed by atoms with Crippen molar-refractivity contribution in [1.29, 1.82) is 0 Å². The highest BCUT2D eigenvalue weighted by molar-refractivity contribution is 4.94. The summed E-state index contributed by atoms with van der Waals surface area (Å²) in [6.45, 7) is 7.82. The molecule has 0 unspecified atom stereocenters. The van der Waals surface area contributed by atoms with E-state index in [0.717, 1.165) is 37.7 Å². The minimum absolute atomic E-state index is 0.386. The van der Waals surface area contributed by atoms with Crippen LogP contribution in [0.4, 0.5) is 0 Å². The van der Waals surface area contributed by atoms with Gasteiger partial charge in [-0.05, 0) is 6.42 Å². The van der Waals surface area contributed by atoms with Crippen molar-refractivity contribution >= 4 is 0 Å². The highest BCUT2D eigenvalue weighted by atomic mass is 16.5. The van der Waals surface area contributed by atoms with E-state index in [1.54, 1.807) is 0 Å². The Hall–Kier alpha value is -0.900. The molecular formula is C10H19N3O. The van der Waals surface area contributed by atoms with E-state index in [4.69, 9.17) is 4.74 Å². The first kappa shape index (κ1) is 11.2. The van der Waals surface area contributed by atoms with Crippen LogP contribution in [0.15, 0.2) is 0 Å². The number of nitrogens with zero attached hydrogens (tertiary/aromatic N) is 2. The number of hydrogen-bond acceptors (Lipinski definition) is 3. The summed E-state index contributed by atoms with van der Waals surface area (Å²) in [6.07, 6.45) is 1.88. The van der Waals surface area contributed by atoms with Gasteiger partial charge in [0.25, 0.3) is 0 Å². The molecule has 1 heterocycles. The fourth-order valence-corrected chi connectivity index (χ4v) is 1.10. The summed E-state index contributed by atoms with van der Waals surface area (Å²) in [4.78, 5) is 4.36. The Morgan fingerprint density at radius 3 is 2.71 bits per heavy atom. The average molecular weight is 197 g/mol. The van der Waals surface area contributed by atoms with Crippen LogP contribution in [0.3, 0.4) is 0 Å². The standard InChI is InChI=1S/C10H19N3O/c1-4-6-14-7-5-9-11-10(8(2)3)13-12-9/h8H,4-7H2,1-3H3,(H,11,12,13). The molecule has 0 atom stereocenters. The van der Waals surface area contributed by atoms with E-state index in [1.807, 2.05) is 0 Å². The number of aromatic amines is 1. The van der Waals surface area contributed by atoms with Crippen LogP contribution < -0.4 is 0 Å². The highest BCUT2D eigenvalue weighted by Gasteiger charge is 2.06. The van der Waals surface area contributed by atoms with Gasteiger partial charge >= 0.3 is 0 Å². The van der Waals surface area contributed by atoms with Crippen LogP contribution in [0, 0.1) is 0 Å². The molecule has 4 nitrogen and oxygen atoms in total. The molecular weight excluding hydrogens is 178 g/mol. The Bertz CT molecular complexity index is 258. The van der Waals surface area contributed by atoms with Crippen LogP contribution >= 0.6 is 0 Å². The Kier molecular flexibility index (Phi) is 4.59. The summed E-state index contributed by atoms with van der Waals surface area (Å²) in [7, 11) is 0. The molecule has 4 heteroatoms. The Morgan fingerprint density at radius 2 is 2.14 bits per heavy atom. The second-order valence-electron chi connectivity index (χ2n) is 3.66. The monoisotopic (exact) mass is 197 g/mol. The summed E-state index contributed by atoms with van der Waals surface area (Å²) in [5.41, 5.74) is 0. The van der Waals surface area contributed by atoms with Crippen LogP contribution in [0.25, 0.3) is 0 Å². The van der Waals surface area contributed by atoms with Crippen LogP contribution in [0.1, 0.15) is 44.8 Å². The molecule has 1 aromatic rings. The molecule has 0 radical (unpaired) electrons. The van der Waals surface area contributed by atoms with E-state index in [9.17, 15) is 0 Å². The van der Waals surface area contributed by atoms with Gasteiger partial charge in [0.05, 0.1) is 6.61 Å². The molecule has 80 valence electrons. The van der Waals surface area contributed by atoms with Gasteiger partial charge in [0.15, 0.2) is 5.82 Å². The summed E-state index contributed by atoms with van der Waals surface area (Å²) in [5.74, 6) is 2.19. The lowest BCUT2D eigenvalue weighted by Gasteiger charge is -1.99. The lowest BCUT2D eigenvalue weighted by atomic mass is 10.2. The number of hydrogen-bond donors (Lipinski definition) is 1. The molecule has 0 fully saturated rings. The minimum Gasteiger partial charge on any atom is -0.381 e. The number of nitrogens with one attached hydrogen (secondary N) is 1. The fourth-order valence-electron chi connectivity index (χ4n) is 1.10. The second-order valence-corrected chi connectivity index (χ2v) is 3.66. The lowest BCUT2D eigenvalue weighted by Crippen LogP contribution is -2.01. The molecule has 0 amide bonds. The maximum Gasteiger partial charge on any atom is 0.153 e. The quantitative estimate of drug-likeness (QED) is 0.708. The normalized spacial score (nSPS) is 11.1. The van der Waals surface area contributed by atoms with Crippen LogP contribution in [0.2, 0.25) is 0 Å². The third-order valence-corrected chi connectivity index (χ3v) is 1.90. The van der Waals surface area contributed by atoms with Crippen molar-refractivity contribution in [3.05, 3.63) is 11.6 Å². The molecule has 0 aliphatic carbocycles. The topological polar surface area (TPSA) is 50.8 Å². The van der Waals surface area contributed by atoms with Crippen LogP contribution in [-0.4, -0.2) is 28.4 Å². The average Bonchev–Trinajstić information content (AvgIpc) is 2.61. The van der Waals surface area contributed by atoms with Crippen molar-refractivity contribution in [2.75, 3.05) is 13.2 Å². The van der Waals surface area contributed by atoms with Crippen molar-refractivity contribution in [1.82, 2.24) is 15.2 Å². The molecule has 0 saturated heterocycles. The fraction of sp³-hybridized carbons (Fsp3) is 0.800. The molecule has 0 aromatic carbocycles. The van der Waals surface area contributed by atoms with Gasteiger partial charge in [0.2, 0.25) is 0 Å². The zero-order valence-electron chi connectivity index (χ0n) is 9.21. The maximum atomic E-state index is 5.37. The Morgan fingerprint density at radius 1 is 1.36 bits per heavy atom. The van der Waals surface area contributed by atoms with Gasteiger partial charge in [-0.25, -0.2) is 4.98 Å².